The number of carbonyl (C=O) groups excluding carboxylic acids is 2. The quantitative estimate of drug-likeness (QED) is 0.665. The number of hydrogen-bond donors (Lipinski definition) is 2. The minimum atomic E-state index is -0.262. The average Bonchev–Trinajstić information content (AvgIpc) is 2.66. The van der Waals surface area contributed by atoms with E-state index >= 15 is 0 Å². The third-order valence-corrected chi connectivity index (χ3v) is 4.01. The molecule has 0 aromatic heterocycles. The maximum Gasteiger partial charge on any atom is 0.258 e. The molecule has 0 atom stereocenters. The Bertz CT molecular complexity index is 790. The standard InChI is InChI=1S/C21H26N2O4/c1-4-26-18-7-5-6-8-19(18)27-14-20(24)22-11-12-23-21(25)17-10-9-15(2)16(3)13-17/h5-10,13H,4,11-12,14H2,1-3H3,(H,22,24)(H,23,25). The van der Waals surface area contributed by atoms with Gasteiger partial charge in [0.1, 0.15) is 0 Å². The van der Waals surface area contributed by atoms with Crippen molar-refractivity contribution >= 4 is 11.8 Å². The molecule has 0 aliphatic rings. The van der Waals surface area contributed by atoms with E-state index in [1.54, 1.807) is 18.2 Å². The van der Waals surface area contributed by atoms with E-state index in [0.717, 1.165) is 11.1 Å². The summed E-state index contributed by atoms with van der Waals surface area (Å²) in [5.74, 6) is 0.710. The van der Waals surface area contributed by atoms with Crippen molar-refractivity contribution in [2.45, 2.75) is 20.8 Å². The molecule has 0 fully saturated rings. The van der Waals surface area contributed by atoms with Crippen LogP contribution in [0.1, 0.15) is 28.4 Å². The zero-order valence-electron chi connectivity index (χ0n) is 16.0. The maximum atomic E-state index is 12.1. The molecule has 0 saturated carbocycles. The topological polar surface area (TPSA) is 76.7 Å². The van der Waals surface area contributed by atoms with Gasteiger partial charge in [0.2, 0.25) is 0 Å². The molecule has 0 saturated heterocycles. The summed E-state index contributed by atoms with van der Waals surface area (Å²) in [5, 5.41) is 5.50. The lowest BCUT2D eigenvalue weighted by Crippen LogP contribution is -2.36. The highest BCUT2D eigenvalue weighted by Gasteiger charge is 2.08. The Balaban J connectivity index is 1.70. The zero-order valence-corrected chi connectivity index (χ0v) is 16.0. The molecule has 0 aliphatic heterocycles. The van der Waals surface area contributed by atoms with Gasteiger partial charge in [-0.05, 0) is 56.2 Å². The van der Waals surface area contributed by atoms with Gasteiger partial charge in [0.05, 0.1) is 6.61 Å². The van der Waals surface area contributed by atoms with E-state index in [-0.39, 0.29) is 18.4 Å². The molecule has 2 amide bonds. The van der Waals surface area contributed by atoms with Gasteiger partial charge in [-0.3, -0.25) is 9.59 Å². The highest BCUT2D eigenvalue weighted by molar-refractivity contribution is 5.94. The minimum Gasteiger partial charge on any atom is -0.490 e. The predicted octanol–water partition coefficient (Wildman–Crippen LogP) is 2.63. The SMILES string of the molecule is CCOc1ccccc1OCC(=O)NCCNC(=O)c1ccc(C)c(C)c1. The van der Waals surface area contributed by atoms with Crippen LogP contribution in [-0.4, -0.2) is 38.1 Å². The van der Waals surface area contributed by atoms with E-state index in [1.807, 2.05) is 45.0 Å². The molecule has 0 spiro atoms. The summed E-state index contributed by atoms with van der Waals surface area (Å²) in [5.41, 5.74) is 2.82. The molecule has 2 aromatic rings. The lowest BCUT2D eigenvalue weighted by Gasteiger charge is -2.12. The molecule has 6 nitrogen and oxygen atoms in total. The molecule has 0 radical (unpaired) electrons. The molecular formula is C21H26N2O4. The maximum absolute atomic E-state index is 12.1. The normalized spacial score (nSPS) is 10.2. The van der Waals surface area contributed by atoms with Crippen molar-refractivity contribution in [1.82, 2.24) is 10.6 Å². The van der Waals surface area contributed by atoms with Gasteiger partial charge >= 0.3 is 0 Å². The fourth-order valence-corrected chi connectivity index (χ4v) is 2.40. The van der Waals surface area contributed by atoms with Crippen LogP contribution in [0, 0.1) is 13.8 Å². The Morgan fingerprint density at radius 1 is 0.889 bits per heavy atom. The highest BCUT2D eigenvalue weighted by atomic mass is 16.5. The van der Waals surface area contributed by atoms with Crippen molar-refractivity contribution in [3.05, 3.63) is 59.2 Å². The molecule has 27 heavy (non-hydrogen) atoms. The van der Waals surface area contributed by atoms with Gasteiger partial charge in [0.25, 0.3) is 11.8 Å². The summed E-state index contributed by atoms with van der Waals surface area (Å²) in [6.45, 7) is 6.92. The van der Waals surface area contributed by atoms with Crippen LogP contribution in [0.3, 0.4) is 0 Å². The Labute approximate surface area is 159 Å². The van der Waals surface area contributed by atoms with Gasteiger partial charge in [-0.2, -0.15) is 0 Å². The van der Waals surface area contributed by atoms with Crippen LogP contribution < -0.4 is 20.1 Å². The van der Waals surface area contributed by atoms with Crippen LogP contribution in [0.4, 0.5) is 0 Å². The van der Waals surface area contributed by atoms with Crippen LogP contribution in [0.25, 0.3) is 0 Å². The number of amides is 2. The second-order valence-corrected chi connectivity index (χ2v) is 6.07. The smallest absolute Gasteiger partial charge is 0.258 e. The van der Waals surface area contributed by atoms with Crippen LogP contribution in [0.5, 0.6) is 11.5 Å². The lowest BCUT2D eigenvalue weighted by molar-refractivity contribution is -0.123. The summed E-state index contributed by atoms with van der Waals surface area (Å²) in [4.78, 5) is 24.0. The van der Waals surface area contributed by atoms with E-state index in [1.165, 1.54) is 0 Å². The number of carbonyl (C=O) groups is 2. The molecule has 0 heterocycles. The molecule has 144 valence electrons. The van der Waals surface area contributed by atoms with Crippen LogP contribution in [-0.2, 0) is 4.79 Å². The molecule has 0 aliphatic carbocycles. The van der Waals surface area contributed by atoms with E-state index < -0.39 is 0 Å². The van der Waals surface area contributed by atoms with Crippen molar-refractivity contribution in [2.24, 2.45) is 0 Å². The van der Waals surface area contributed by atoms with Crippen LogP contribution in [0.15, 0.2) is 42.5 Å². The van der Waals surface area contributed by atoms with E-state index in [0.29, 0.717) is 36.8 Å². The number of para-hydroxylation sites is 2. The number of ether oxygens (including phenoxy) is 2. The summed E-state index contributed by atoms with van der Waals surface area (Å²) in [7, 11) is 0. The molecule has 2 aromatic carbocycles. The third-order valence-electron chi connectivity index (χ3n) is 4.01. The van der Waals surface area contributed by atoms with E-state index in [4.69, 9.17) is 9.47 Å². The number of rotatable bonds is 9. The average molecular weight is 370 g/mol. The predicted molar refractivity (Wildman–Crippen MR) is 104 cm³/mol. The molecule has 2 rings (SSSR count). The van der Waals surface area contributed by atoms with Gasteiger partial charge in [-0.15, -0.1) is 0 Å². The summed E-state index contributed by atoms with van der Waals surface area (Å²) < 4.78 is 10.9. The molecule has 0 bridgehead atoms. The first-order valence-electron chi connectivity index (χ1n) is 8.98. The Morgan fingerprint density at radius 2 is 1.56 bits per heavy atom. The third kappa shape index (κ3) is 6.33. The summed E-state index contributed by atoms with van der Waals surface area (Å²) in [6, 6.07) is 12.8. The highest BCUT2D eigenvalue weighted by Crippen LogP contribution is 2.26. The van der Waals surface area contributed by atoms with Crippen molar-refractivity contribution in [3.8, 4) is 11.5 Å². The van der Waals surface area contributed by atoms with E-state index in [9.17, 15) is 9.59 Å². The van der Waals surface area contributed by atoms with E-state index in [2.05, 4.69) is 10.6 Å². The van der Waals surface area contributed by atoms with Gasteiger partial charge in [0.15, 0.2) is 18.1 Å². The Hall–Kier alpha value is -3.02. The second-order valence-electron chi connectivity index (χ2n) is 6.07. The van der Waals surface area contributed by atoms with Crippen molar-refractivity contribution in [2.75, 3.05) is 26.3 Å². The fourth-order valence-electron chi connectivity index (χ4n) is 2.40. The van der Waals surface area contributed by atoms with Gasteiger partial charge < -0.3 is 20.1 Å². The number of hydrogen-bond acceptors (Lipinski definition) is 4. The van der Waals surface area contributed by atoms with Gasteiger partial charge in [-0.25, -0.2) is 0 Å². The van der Waals surface area contributed by atoms with Crippen molar-refractivity contribution in [3.63, 3.8) is 0 Å². The van der Waals surface area contributed by atoms with Crippen molar-refractivity contribution < 1.29 is 19.1 Å². The number of benzene rings is 2. The van der Waals surface area contributed by atoms with Crippen LogP contribution >= 0.6 is 0 Å². The minimum absolute atomic E-state index is 0.116. The fraction of sp³-hybridized carbons (Fsp3) is 0.333. The first kappa shape index (κ1) is 20.3. The van der Waals surface area contributed by atoms with Gasteiger partial charge in [0, 0.05) is 18.7 Å². The molecular weight excluding hydrogens is 344 g/mol. The lowest BCUT2D eigenvalue weighted by atomic mass is 10.1. The number of aryl methyl sites for hydroxylation is 2. The second kappa shape index (κ2) is 10.2. The zero-order chi connectivity index (χ0) is 19.6. The molecule has 0 unspecified atom stereocenters. The van der Waals surface area contributed by atoms with Gasteiger partial charge in [-0.1, -0.05) is 18.2 Å². The van der Waals surface area contributed by atoms with Crippen LogP contribution in [0.2, 0.25) is 0 Å². The monoisotopic (exact) mass is 370 g/mol. The number of nitrogens with one attached hydrogen (secondary N) is 2. The van der Waals surface area contributed by atoms with Crippen molar-refractivity contribution in [1.29, 1.82) is 0 Å². The first-order valence-corrected chi connectivity index (χ1v) is 8.98. The first-order chi connectivity index (χ1) is 13.0. The molecule has 2 N–H and O–H groups in total. The summed E-state index contributed by atoms with van der Waals surface area (Å²) in [6.07, 6.45) is 0. The Kier molecular flexibility index (Phi) is 7.67. The largest absolute Gasteiger partial charge is 0.490 e. The summed E-state index contributed by atoms with van der Waals surface area (Å²) >= 11 is 0. The Morgan fingerprint density at radius 3 is 2.22 bits per heavy atom. The molecule has 6 heteroatoms.